The smallest absolute Gasteiger partial charge is 0.128 e. The van der Waals surface area contributed by atoms with E-state index in [4.69, 9.17) is 26.8 Å². The van der Waals surface area contributed by atoms with Crippen LogP contribution >= 0.6 is 11.6 Å². The Hall–Kier alpha value is -1.71. The molecule has 0 heterocycles. The maximum atomic E-state index is 5.96. The molecule has 20 heavy (non-hydrogen) atoms. The van der Waals surface area contributed by atoms with Crippen molar-refractivity contribution >= 4 is 11.6 Å². The van der Waals surface area contributed by atoms with E-state index < -0.39 is 0 Å². The van der Waals surface area contributed by atoms with Gasteiger partial charge in [0.1, 0.15) is 18.1 Å². The molecule has 0 unspecified atom stereocenters. The first kappa shape index (κ1) is 14.7. The first-order valence-electron chi connectivity index (χ1n) is 6.41. The number of halogens is 1. The van der Waals surface area contributed by atoms with Gasteiger partial charge in [0.25, 0.3) is 0 Å². The minimum atomic E-state index is -0.0962. The van der Waals surface area contributed by atoms with Crippen LogP contribution in [0.15, 0.2) is 42.5 Å². The summed E-state index contributed by atoms with van der Waals surface area (Å²) in [5, 5.41) is 0.714. The van der Waals surface area contributed by atoms with E-state index in [9.17, 15) is 0 Å². The molecule has 0 saturated carbocycles. The monoisotopic (exact) mass is 291 g/mol. The topological polar surface area (TPSA) is 44.5 Å². The Bertz CT molecular complexity index is 567. The molecule has 3 nitrogen and oxygen atoms in total. The van der Waals surface area contributed by atoms with Crippen molar-refractivity contribution in [3.05, 3.63) is 58.6 Å². The summed E-state index contributed by atoms with van der Waals surface area (Å²) < 4.78 is 11.1. The molecule has 0 radical (unpaired) electrons. The van der Waals surface area contributed by atoms with E-state index in [1.807, 2.05) is 49.4 Å². The molecule has 2 N–H and O–H groups in total. The molecule has 0 amide bonds. The largest absolute Gasteiger partial charge is 0.497 e. The molecule has 2 aromatic carbocycles. The highest BCUT2D eigenvalue weighted by molar-refractivity contribution is 6.30. The maximum absolute atomic E-state index is 5.96. The van der Waals surface area contributed by atoms with E-state index in [0.29, 0.717) is 11.6 Å². The van der Waals surface area contributed by atoms with E-state index in [1.54, 1.807) is 7.11 Å². The van der Waals surface area contributed by atoms with Gasteiger partial charge in [-0.15, -0.1) is 0 Å². The zero-order valence-electron chi connectivity index (χ0n) is 11.6. The summed E-state index contributed by atoms with van der Waals surface area (Å²) >= 11 is 5.86. The standard InChI is InChI=1S/C16H18ClNO2/c1-11(18)15-8-7-14(19-2)9-16(15)20-10-12-3-5-13(17)6-4-12/h3-9,11H,10,18H2,1-2H3/t11-/m0/s1. The van der Waals surface area contributed by atoms with Crippen LogP contribution in [0.2, 0.25) is 5.02 Å². The molecule has 0 aliphatic carbocycles. The molecule has 0 bridgehead atoms. The highest BCUT2D eigenvalue weighted by atomic mass is 35.5. The van der Waals surface area contributed by atoms with Crippen LogP contribution in [0.5, 0.6) is 11.5 Å². The second-order valence-corrected chi connectivity index (χ2v) is 5.04. The van der Waals surface area contributed by atoms with E-state index in [1.165, 1.54) is 0 Å². The van der Waals surface area contributed by atoms with Crippen molar-refractivity contribution < 1.29 is 9.47 Å². The van der Waals surface area contributed by atoms with Crippen molar-refractivity contribution in [2.75, 3.05) is 7.11 Å². The third kappa shape index (κ3) is 3.65. The van der Waals surface area contributed by atoms with Gasteiger partial charge in [-0.1, -0.05) is 29.8 Å². The van der Waals surface area contributed by atoms with Gasteiger partial charge in [-0.05, 0) is 30.7 Å². The van der Waals surface area contributed by atoms with E-state index in [0.717, 1.165) is 22.6 Å². The summed E-state index contributed by atoms with van der Waals surface area (Å²) in [7, 11) is 1.63. The predicted octanol–water partition coefficient (Wildman–Crippen LogP) is 3.95. The lowest BCUT2D eigenvalue weighted by atomic mass is 10.1. The molecule has 4 heteroatoms. The van der Waals surface area contributed by atoms with Crippen molar-refractivity contribution in [1.29, 1.82) is 0 Å². The quantitative estimate of drug-likeness (QED) is 0.907. The zero-order chi connectivity index (χ0) is 14.5. The normalized spacial score (nSPS) is 12.0. The molecule has 1 atom stereocenters. The molecule has 0 spiro atoms. The van der Waals surface area contributed by atoms with Crippen LogP contribution in [-0.2, 0) is 6.61 Å². The van der Waals surface area contributed by atoms with Crippen molar-refractivity contribution in [2.24, 2.45) is 5.73 Å². The Labute approximate surface area is 124 Å². The first-order chi connectivity index (χ1) is 9.60. The van der Waals surface area contributed by atoms with Crippen LogP contribution in [0.3, 0.4) is 0 Å². The van der Waals surface area contributed by atoms with E-state index in [-0.39, 0.29) is 6.04 Å². The van der Waals surface area contributed by atoms with Crippen molar-refractivity contribution in [3.63, 3.8) is 0 Å². The van der Waals surface area contributed by atoms with Gasteiger partial charge in [0.05, 0.1) is 7.11 Å². The number of rotatable bonds is 5. The van der Waals surface area contributed by atoms with Crippen LogP contribution < -0.4 is 15.2 Å². The van der Waals surface area contributed by atoms with Gasteiger partial charge >= 0.3 is 0 Å². The Morgan fingerprint density at radius 3 is 2.45 bits per heavy atom. The molecule has 0 aromatic heterocycles. The predicted molar refractivity (Wildman–Crippen MR) is 81.4 cm³/mol. The van der Waals surface area contributed by atoms with Crippen LogP contribution in [0.1, 0.15) is 24.1 Å². The average Bonchev–Trinajstić information content (AvgIpc) is 2.46. The van der Waals surface area contributed by atoms with Gasteiger partial charge in [0.15, 0.2) is 0 Å². The molecule has 0 aliphatic rings. The van der Waals surface area contributed by atoms with Crippen molar-refractivity contribution in [2.45, 2.75) is 19.6 Å². The van der Waals surface area contributed by atoms with Gasteiger partial charge in [-0.3, -0.25) is 0 Å². The maximum Gasteiger partial charge on any atom is 0.128 e. The molecular weight excluding hydrogens is 274 g/mol. The minimum absolute atomic E-state index is 0.0962. The summed E-state index contributed by atoms with van der Waals surface area (Å²) in [6, 6.07) is 13.1. The van der Waals surface area contributed by atoms with Crippen LogP contribution in [0.25, 0.3) is 0 Å². The van der Waals surface area contributed by atoms with Crippen LogP contribution in [0, 0.1) is 0 Å². The minimum Gasteiger partial charge on any atom is -0.497 e. The number of methoxy groups -OCH3 is 1. The fourth-order valence-electron chi connectivity index (χ4n) is 1.88. The number of ether oxygens (including phenoxy) is 2. The van der Waals surface area contributed by atoms with Crippen molar-refractivity contribution in [1.82, 2.24) is 0 Å². The summed E-state index contributed by atoms with van der Waals surface area (Å²) in [5.74, 6) is 1.50. The van der Waals surface area contributed by atoms with Gasteiger partial charge in [0.2, 0.25) is 0 Å². The molecule has 0 aliphatic heterocycles. The second kappa shape index (κ2) is 6.64. The van der Waals surface area contributed by atoms with E-state index >= 15 is 0 Å². The lowest BCUT2D eigenvalue weighted by Crippen LogP contribution is -2.08. The van der Waals surface area contributed by atoms with Crippen LogP contribution in [0.4, 0.5) is 0 Å². The highest BCUT2D eigenvalue weighted by Gasteiger charge is 2.10. The van der Waals surface area contributed by atoms with E-state index in [2.05, 4.69) is 0 Å². The molecule has 0 fully saturated rings. The summed E-state index contributed by atoms with van der Waals surface area (Å²) in [6.07, 6.45) is 0. The Morgan fingerprint density at radius 1 is 1.15 bits per heavy atom. The zero-order valence-corrected chi connectivity index (χ0v) is 12.4. The second-order valence-electron chi connectivity index (χ2n) is 4.61. The Morgan fingerprint density at radius 2 is 1.85 bits per heavy atom. The molecular formula is C16H18ClNO2. The lowest BCUT2D eigenvalue weighted by molar-refractivity contribution is 0.299. The van der Waals surface area contributed by atoms with Crippen LogP contribution in [-0.4, -0.2) is 7.11 Å². The Balaban J connectivity index is 2.16. The Kier molecular flexibility index (Phi) is 4.88. The fraction of sp³-hybridized carbons (Fsp3) is 0.250. The van der Waals surface area contributed by atoms with Gasteiger partial charge in [0, 0.05) is 22.7 Å². The number of hydrogen-bond acceptors (Lipinski definition) is 3. The third-order valence-corrected chi connectivity index (χ3v) is 3.27. The third-order valence-electron chi connectivity index (χ3n) is 3.02. The van der Waals surface area contributed by atoms with Gasteiger partial charge in [-0.2, -0.15) is 0 Å². The molecule has 2 rings (SSSR count). The molecule has 106 valence electrons. The first-order valence-corrected chi connectivity index (χ1v) is 6.78. The summed E-state index contributed by atoms with van der Waals surface area (Å²) in [5.41, 5.74) is 7.96. The molecule has 2 aromatic rings. The van der Waals surface area contributed by atoms with Crippen molar-refractivity contribution in [3.8, 4) is 11.5 Å². The lowest BCUT2D eigenvalue weighted by Gasteiger charge is -2.15. The number of benzene rings is 2. The number of hydrogen-bond donors (Lipinski definition) is 1. The summed E-state index contributed by atoms with van der Waals surface area (Å²) in [6.45, 7) is 2.39. The highest BCUT2D eigenvalue weighted by Crippen LogP contribution is 2.29. The molecule has 0 saturated heterocycles. The summed E-state index contributed by atoms with van der Waals surface area (Å²) in [4.78, 5) is 0. The van der Waals surface area contributed by atoms with Gasteiger partial charge in [-0.25, -0.2) is 0 Å². The van der Waals surface area contributed by atoms with Gasteiger partial charge < -0.3 is 15.2 Å². The fourth-order valence-corrected chi connectivity index (χ4v) is 2.01. The SMILES string of the molecule is COc1ccc([C@H](C)N)c(OCc2ccc(Cl)cc2)c1. The average molecular weight is 292 g/mol. The number of nitrogens with two attached hydrogens (primary N) is 1.